The van der Waals surface area contributed by atoms with Crippen molar-refractivity contribution < 1.29 is 14.3 Å². The van der Waals surface area contributed by atoms with Crippen molar-refractivity contribution in [1.82, 2.24) is 10.2 Å². The Morgan fingerprint density at radius 3 is 2.20 bits per heavy atom. The van der Waals surface area contributed by atoms with Gasteiger partial charge in [-0.2, -0.15) is 0 Å². The lowest BCUT2D eigenvalue weighted by molar-refractivity contribution is -0.143. The third-order valence-electron chi connectivity index (χ3n) is 5.55. The van der Waals surface area contributed by atoms with Gasteiger partial charge in [-0.3, -0.25) is 9.59 Å². The summed E-state index contributed by atoms with van der Waals surface area (Å²) >= 11 is 5.96. The van der Waals surface area contributed by atoms with E-state index in [1.165, 1.54) is 0 Å². The van der Waals surface area contributed by atoms with Crippen molar-refractivity contribution in [2.75, 3.05) is 6.61 Å². The zero-order valence-electron chi connectivity index (χ0n) is 20.8. The number of nitrogens with one attached hydrogen (secondary N) is 1. The van der Waals surface area contributed by atoms with Crippen LogP contribution in [0.5, 0.6) is 5.75 Å². The van der Waals surface area contributed by atoms with Gasteiger partial charge in [0.1, 0.15) is 11.8 Å². The van der Waals surface area contributed by atoms with Crippen molar-refractivity contribution in [1.29, 1.82) is 0 Å². The van der Waals surface area contributed by atoms with Crippen LogP contribution < -0.4 is 10.1 Å². The highest BCUT2D eigenvalue weighted by Crippen LogP contribution is 2.19. The molecule has 0 unspecified atom stereocenters. The van der Waals surface area contributed by atoms with E-state index < -0.39 is 11.6 Å². The second-order valence-corrected chi connectivity index (χ2v) is 10.1. The number of rotatable bonds is 9. The van der Waals surface area contributed by atoms with Crippen molar-refractivity contribution in [3.8, 4) is 5.75 Å². The highest BCUT2D eigenvalue weighted by Gasteiger charge is 2.32. The second-order valence-electron chi connectivity index (χ2n) is 9.64. The lowest BCUT2D eigenvalue weighted by Crippen LogP contribution is -2.55. The van der Waals surface area contributed by atoms with Crippen molar-refractivity contribution >= 4 is 23.4 Å². The fourth-order valence-electron chi connectivity index (χ4n) is 3.74. The number of benzene rings is 3. The van der Waals surface area contributed by atoms with Crippen LogP contribution in [0.25, 0.3) is 0 Å². The van der Waals surface area contributed by atoms with Crippen molar-refractivity contribution in [2.24, 2.45) is 0 Å². The Morgan fingerprint density at radius 1 is 0.943 bits per heavy atom. The molecule has 0 aromatic heterocycles. The summed E-state index contributed by atoms with van der Waals surface area (Å²) in [5.74, 6) is 0.0697. The van der Waals surface area contributed by atoms with Gasteiger partial charge in [0.05, 0.1) is 0 Å². The molecular weight excluding hydrogens is 460 g/mol. The fraction of sp³-hybridized carbons (Fsp3) is 0.310. The zero-order chi connectivity index (χ0) is 25.4. The minimum atomic E-state index is -0.711. The maximum absolute atomic E-state index is 13.6. The molecule has 184 valence electrons. The molecule has 0 radical (unpaired) electrons. The molecule has 0 fully saturated rings. The smallest absolute Gasteiger partial charge is 0.261 e. The summed E-state index contributed by atoms with van der Waals surface area (Å²) in [5.41, 5.74) is 2.57. The molecule has 0 saturated heterocycles. The highest BCUT2D eigenvalue weighted by molar-refractivity contribution is 6.30. The first-order valence-electron chi connectivity index (χ1n) is 11.7. The Labute approximate surface area is 213 Å². The summed E-state index contributed by atoms with van der Waals surface area (Å²) in [6.45, 7) is 7.90. The molecule has 3 rings (SSSR count). The highest BCUT2D eigenvalue weighted by atomic mass is 35.5. The van der Waals surface area contributed by atoms with E-state index in [0.717, 1.165) is 16.7 Å². The first-order chi connectivity index (χ1) is 16.6. The molecule has 2 amide bonds. The molecule has 0 spiro atoms. The van der Waals surface area contributed by atoms with E-state index in [0.29, 0.717) is 23.7 Å². The molecule has 0 aliphatic rings. The minimum absolute atomic E-state index is 0.193. The molecule has 0 aliphatic heterocycles. The topological polar surface area (TPSA) is 58.6 Å². The summed E-state index contributed by atoms with van der Waals surface area (Å²) in [6.07, 6.45) is 0.390. The Bertz CT molecular complexity index is 1120. The summed E-state index contributed by atoms with van der Waals surface area (Å²) in [5, 5.41) is 3.66. The van der Waals surface area contributed by atoms with Crippen LogP contribution in [0.3, 0.4) is 0 Å². The summed E-state index contributed by atoms with van der Waals surface area (Å²) in [7, 11) is 0. The Hall–Kier alpha value is -3.31. The number of aryl methyl sites for hydroxylation is 1. The van der Waals surface area contributed by atoms with Crippen LogP contribution in [0.2, 0.25) is 5.02 Å². The van der Waals surface area contributed by atoms with Crippen LogP contribution in [0, 0.1) is 6.92 Å². The van der Waals surface area contributed by atoms with Crippen LogP contribution in [0.4, 0.5) is 0 Å². The number of hydrogen-bond donors (Lipinski definition) is 1. The van der Waals surface area contributed by atoms with Crippen LogP contribution >= 0.6 is 11.6 Å². The number of halogens is 1. The van der Waals surface area contributed by atoms with E-state index in [4.69, 9.17) is 16.3 Å². The number of hydrogen-bond acceptors (Lipinski definition) is 3. The first-order valence-corrected chi connectivity index (χ1v) is 12.1. The zero-order valence-corrected chi connectivity index (χ0v) is 21.5. The van der Waals surface area contributed by atoms with Crippen LogP contribution in [0.1, 0.15) is 37.5 Å². The number of carbonyl (C=O) groups is 2. The maximum Gasteiger partial charge on any atom is 0.261 e. The number of carbonyl (C=O) groups excluding carboxylic acids is 2. The van der Waals surface area contributed by atoms with Gasteiger partial charge in [-0.15, -0.1) is 0 Å². The number of amides is 2. The summed E-state index contributed by atoms with van der Waals surface area (Å²) < 4.78 is 5.77. The van der Waals surface area contributed by atoms with E-state index in [1.54, 1.807) is 29.2 Å². The monoisotopic (exact) mass is 492 g/mol. The normalized spacial score (nSPS) is 12.0. The van der Waals surface area contributed by atoms with Gasteiger partial charge in [-0.05, 0) is 68.7 Å². The second kappa shape index (κ2) is 11.9. The molecule has 3 aromatic rings. The van der Waals surface area contributed by atoms with E-state index in [1.807, 2.05) is 82.3 Å². The molecule has 6 heteroatoms. The molecule has 0 heterocycles. The van der Waals surface area contributed by atoms with Gasteiger partial charge in [0.15, 0.2) is 6.61 Å². The largest absolute Gasteiger partial charge is 0.484 e. The van der Waals surface area contributed by atoms with Gasteiger partial charge in [-0.1, -0.05) is 66.2 Å². The number of nitrogens with zero attached hydrogens (tertiary/aromatic N) is 1. The van der Waals surface area contributed by atoms with Crippen molar-refractivity contribution in [3.63, 3.8) is 0 Å². The van der Waals surface area contributed by atoms with E-state index in [2.05, 4.69) is 5.32 Å². The molecule has 1 N–H and O–H groups in total. The molecule has 0 bridgehead atoms. The fourth-order valence-corrected chi connectivity index (χ4v) is 3.86. The van der Waals surface area contributed by atoms with Crippen molar-refractivity contribution in [2.45, 2.75) is 52.2 Å². The Kier molecular flexibility index (Phi) is 8.94. The summed E-state index contributed by atoms with van der Waals surface area (Å²) in [4.78, 5) is 28.8. The van der Waals surface area contributed by atoms with Crippen LogP contribution in [-0.2, 0) is 22.6 Å². The molecule has 35 heavy (non-hydrogen) atoms. The standard InChI is InChI=1S/C29H33ClN2O3/c1-21-10-8-9-13-23(21)19-32(27(33)20-35-25-16-14-24(30)15-17-25)26(28(34)31-29(2,3)4)18-22-11-6-5-7-12-22/h5-17,26H,18-20H2,1-4H3,(H,31,34)/t26-/m1/s1. The van der Waals surface area contributed by atoms with Crippen LogP contribution in [0.15, 0.2) is 78.9 Å². The van der Waals surface area contributed by atoms with E-state index >= 15 is 0 Å². The quantitative estimate of drug-likeness (QED) is 0.424. The van der Waals surface area contributed by atoms with Gasteiger partial charge in [0, 0.05) is 23.5 Å². The minimum Gasteiger partial charge on any atom is -0.484 e. The molecule has 5 nitrogen and oxygen atoms in total. The predicted octanol–water partition coefficient (Wildman–Crippen LogP) is 5.58. The van der Waals surface area contributed by atoms with Gasteiger partial charge >= 0.3 is 0 Å². The van der Waals surface area contributed by atoms with E-state index in [9.17, 15) is 9.59 Å². The third-order valence-corrected chi connectivity index (χ3v) is 5.80. The molecule has 0 aliphatic carbocycles. The molecule has 0 saturated carbocycles. The average Bonchev–Trinajstić information content (AvgIpc) is 2.81. The molecular formula is C29H33ClN2O3. The Balaban J connectivity index is 1.93. The first kappa shape index (κ1) is 26.3. The predicted molar refractivity (Wildman–Crippen MR) is 141 cm³/mol. The lowest BCUT2D eigenvalue weighted by Gasteiger charge is -2.34. The van der Waals surface area contributed by atoms with Gasteiger partial charge in [0.25, 0.3) is 5.91 Å². The van der Waals surface area contributed by atoms with Crippen molar-refractivity contribution in [3.05, 3.63) is 101 Å². The number of ether oxygens (including phenoxy) is 1. The molecule has 1 atom stereocenters. The Morgan fingerprint density at radius 2 is 1.57 bits per heavy atom. The molecule has 3 aromatic carbocycles. The van der Waals surface area contributed by atoms with E-state index in [-0.39, 0.29) is 18.4 Å². The average molecular weight is 493 g/mol. The third kappa shape index (κ3) is 8.15. The van der Waals surface area contributed by atoms with Crippen LogP contribution in [-0.4, -0.2) is 34.9 Å². The van der Waals surface area contributed by atoms with Gasteiger partial charge in [0.2, 0.25) is 5.91 Å². The van der Waals surface area contributed by atoms with Gasteiger partial charge in [-0.25, -0.2) is 0 Å². The summed E-state index contributed by atoms with van der Waals surface area (Å²) in [6, 6.07) is 23.8. The lowest BCUT2D eigenvalue weighted by atomic mass is 10.00. The maximum atomic E-state index is 13.6. The van der Waals surface area contributed by atoms with Gasteiger partial charge < -0.3 is 15.0 Å². The SMILES string of the molecule is Cc1ccccc1CN(C(=O)COc1ccc(Cl)cc1)[C@H](Cc1ccccc1)C(=O)NC(C)(C)C.